The van der Waals surface area contributed by atoms with Crippen LogP contribution in [0.5, 0.6) is 0 Å². The lowest BCUT2D eigenvalue weighted by atomic mass is 10.3. The molecule has 0 fully saturated rings. The normalized spacial score (nSPS) is 10.7. The number of oxazole rings is 1. The second-order valence-electron chi connectivity index (χ2n) is 4.00. The van der Waals surface area contributed by atoms with Gasteiger partial charge >= 0.3 is 0 Å². The fraction of sp³-hybridized carbons (Fsp3) is 0.500. The summed E-state index contributed by atoms with van der Waals surface area (Å²) in [5, 5.41) is 10.3. The van der Waals surface area contributed by atoms with Crippen LogP contribution in [-0.4, -0.2) is 21.1 Å². The van der Waals surface area contributed by atoms with E-state index < -0.39 is 0 Å². The molecule has 2 heterocycles. The molecule has 2 aromatic rings. The van der Waals surface area contributed by atoms with E-state index in [-0.39, 0.29) is 18.2 Å². The average molecular weight is 264 g/mol. The Bertz CT molecular complexity index is 573. The SMILES string of the molecule is CCc1nnc(CNC(=O)c2oc(CC)nc2C)o1. The molecule has 0 unspecified atom stereocenters. The minimum atomic E-state index is -0.332. The van der Waals surface area contributed by atoms with Crippen molar-refractivity contribution in [1.29, 1.82) is 0 Å². The third-order valence-corrected chi connectivity index (χ3v) is 2.56. The lowest BCUT2D eigenvalue weighted by molar-refractivity contribution is 0.0916. The number of carbonyl (C=O) groups is 1. The van der Waals surface area contributed by atoms with Crippen molar-refractivity contribution in [2.24, 2.45) is 0 Å². The highest BCUT2D eigenvalue weighted by molar-refractivity contribution is 5.92. The van der Waals surface area contributed by atoms with Crippen LogP contribution in [0.1, 0.15) is 47.8 Å². The second kappa shape index (κ2) is 5.64. The van der Waals surface area contributed by atoms with Gasteiger partial charge in [-0.25, -0.2) is 4.98 Å². The van der Waals surface area contributed by atoms with Crippen molar-refractivity contribution in [3.05, 3.63) is 29.1 Å². The zero-order chi connectivity index (χ0) is 13.8. The van der Waals surface area contributed by atoms with Crippen molar-refractivity contribution in [1.82, 2.24) is 20.5 Å². The lowest BCUT2D eigenvalue weighted by Gasteiger charge is -1.99. The van der Waals surface area contributed by atoms with Gasteiger partial charge in [0.1, 0.15) is 0 Å². The Morgan fingerprint density at radius 3 is 2.37 bits per heavy atom. The van der Waals surface area contributed by atoms with E-state index in [2.05, 4.69) is 20.5 Å². The van der Waals surface area contributed by atoms with Crippen molar-refractivity contribution in [3.63, 3.8) is 0 Å². The molecule has 0 saturated carbocycles. The molecule has 7 heteroatoms. The molecular formula is C12H16N4O3. The summed E-state index contributed by atoms with van der Waals surface area (Å²) in [5.74, 6) is 1.37. The molecule has 0 spiro atoms. The Morgan fingerprint density at radius 1 is 1.11 bits per heavy atom. The quantitative estimate of drug-likeness (QED) is 0.877. The van der Waals surface area contributed by atoms with E-state index in [1.54, 1.807) is 6.92 Å². The Morgan fingerprint density at radius 2 is 1.79 bits per heavy atom. The fourth-order valence-corrected chi connectivity index (χ4v) is 1.55. The van der Waals surface area contributed by atoms with E-state index in [9.17, 15) is 4.79 Å². The predicted molar refractivity (Wildman–Crippen MR) is 65.5 cm³/mol. The molecule has 2 aromatic heterocycles. The molecule has 0 atom stereocenters. The van der Waals surface area contributed by atoms with Crippen molar-refractivity contribution >= 4 is 5.91 Å². The van der Waals surface area contributed by atoms with Gasteiger partial charge in [-0.3, -0.25) is 4.79 Å². The van der Waals surface area contributed by atoms with Crippen LogP contribution in [0.15, 0.2) is 8.83 Å². The first-order valence-electron chi connectivity index (χ1n) is 6.19. The predicted octanol–water partition coefficient (Wildman–Crippen LogP) is 1.42. The van der Waals surface area contributed by atoms with Crippen molar-refractivity contribution in [2.45, 2.75) is 40.2 Å². The number of hydrogen-bond donors (Lipinski definition) is 1. The summed E-state index contributed by atoms with van der Waals surface area (Å²) >= 11 is 0. The number of hydrogen-bond acceptors (Lipinski definition) is 6. The number of amides is 1. The summed E-state index contributed by atoms with van der Waals surface area (Å²) in [7, 11) is 0. The molecule has 0 radical (unpaired) electrons. The average Bonchev–Trinajstić information content (AvgIpc) is 3.02. The van der Waals surface area contributed by atoms with E-state index in [0.29, 0.717) is 36.2 Å². The van der Waals surface area contributed by atoms with Gasteiger partial charge in [0, 0.05) is 12.8 Å². The number of nitrogens with one attached hydrogen (secondary N) is 1. The maximum atomic E-state index is 11.9. The second-order valence-corrected chi connectivity index (χ2v) is 4.00. The monoisotopic (exact) mass is 264 g/mol. The summed E-state index contributed by atoms with van der Waals surface area (Å²) in [6.45, 7) is 5.74. The van der Waals surface area contributed by atoms with Crippen LogP contribution in [0, 0.1) is 6.92 Å². The largest absolute Gasteiger partial charge is 0.435 e. The molecule has 0 aliphatic heterocycles. The third-order valence-electron chi connectivity index (χ3n) is 2.56. The molecule has 0 aliphatic carbocycles. The van der Waals surface area contributed by atoms with Gasteiger partial charge in [0.2, 0.25) is 17.5 Å². The number of nitrogens with zero attached hydrogens (tertiary/aromatic N) is 3. The van der Waals surface area contributed by atoms with Gasteiger partial charge in [-0.05, 0) is 6.92 Å². The Labute approximate surface area is 110 Å². The third kappa shape index (κ3) is 2.98. The number of rotatable bonds is 5. The molecule has 7 nitrogen and oxygen atoms in total. The van der Waals surface area contributed by atoms with Crippen molar-refractivity contribution in [3.8, 4) is 0 Å². The molecule has 102 valence electrons. The smallest absolute Gasteiger partial charge is 0.289 e. The van der Waals surface area contributed by atoms with Gasteiger partial charge in [-0.1, -0.05) is 13.8 Å². The summed E-state index contributed by atoms with van der Waals surface area (Å²) in [5.41, 5.74) is 0.578. The Kier molecular flexibility index (Phi) is 3.94. The number of aromatic nitrogens is 3. The molecule has 1 N–H and O–H groups in total. The van der Waals surface area contributed by atoms with Crippen molar-refractivity contribution < 1.29 is 13.6 Å². The van der Waals surface area contributed by atoms with E-state index in [4.69, 9.17) is 8.83 Å². The van der Waals surface area contributed by atoms with Gasteiger partial charge in [0.25, 0.3) is 5.91 Å². The van der Waals surface area contributed by atoms with Gasteiger partial charge in [-0.15, -0.1) is 10.2 Å². The Balaban J connectivity index is 1.98. The minimum Gasteiger partial charge on any atom is -0.435 e. The van der Waals surface area contributed by atoms with Crippen LogP contribution < -0.4 is 5.32 Å². The van der Waals surface area contributed by atoms with Gasteiger partial charge in [0.15, 0.2) is 5.89 Å². The summed E-state index contributed by atoms with van der Waals surface area (Å²) in [6.07, 6.45) is 1.32. The molecule has 0 saturated heterocycles. The first-order chi connectivity index (χ1) is 9.13. The zero-order valence-corrected chi connectivity index (χ0v) is 11.2. The molecule has 1 amide bonds. The topological polar surface area (TPSA) is 94.1 Å². The Hall–Kier alpha value is -2.18. The van der Waals surface area contributed by atoms with Crippen LogP contribution in [0.25, 0.3) is 0 Å². The summed E-state index contributed by atoms with van der Waals surface area (Å²) < 4.78 is 10.6. The highest BCUT2D eigenvalue weighted by Crippen LogP contribution is 2.10. The van der Waals surface area contributed by atoms with Crippen molar-refractivity contribution in [2.75, 3.05) is 0 Å². The molecule has 0 aliphatic rings. The lowest BCUT2D eigenvalue weighted by Crippen LogP contribution is -2.23. The first kappa shape index (κ1) is 13.3. The van der Waals surface area contributed by atoms with E-state index in [1.807, 2.05) is 13.8 Å². The van der Waals surface area contributed by atoms with Gasteiger partial charge < -0.3 is 14.2 Å². The summed E-state index contributed by atoms with van der Waals surface area (Å²) in [4.78, 5) is 16.1. The van der Waals surface area contributed by atoms with E-state index >= 15 is 0 Å². The van der Waals surface area contributed by atoms with Gasteiger partial charge in [0.05, 0.1) is 12.2 Å². The highest BCUT2D eigenvalue weighted by Gasteiger charge is 2.17. The van der Waals surface area contributed by atoms with E-state index in [0.717, 1.165) is 0 Å². The van der Waals surface area contributed by atoms with Gasteiger partial charge in [-0.2, -0.15) is 0 Å². The zero-order valence-electron chi connectivity index (χ0n) is 11.2. The highest BCUT2D eigenvalue weighted by atomic mass is 16.4. The number of carbonyl (C=O) groups excluding carboxylic acids is 1. The minimum absolute atomic E-state index is 0.174. The maximum absolute atomic E-state index is 11.9. The fourth-order valence-electron chi connectivity index (χ4n) is 1.55. The summed E-state index contributed by atoms with van der Waals surface area (Å²) in [6, 6.07) is 0. The van der Waals surface area contributed by atoms with Crippen LogP contribution >= 0.6 is 0 Å². The number of aryl methyl sites for hydroxylation is 3. The van der Waals surface area contributed by atoms with Crippen LogP contribution in [0.3, 0.4) is 0 Å². The first-order valence-corrected chi connectivity index (χ1v) is 6.19. The van der Waals surface area contributed by atoms with Crippen LogP contribution in [0.2, 0.25) is 0 Å². The molecule has 0 bridgehead atoms. The molecular weight excluding hydrogens is 248 g/mol. The molecule has 2 rings (SSSR count). The molecule has 0 aromatic carbocycles. The van der Waals surface area contributed by atoms with Crippen LogP contribution in [0.4, 0.5) is 0 Å². The molecule has 19 heavy (non-hydrogen) atoms. The van der Waals surface area contributed by atoms with Crippen LogP contribution in [-0.2, 0) is 19.4 Å². The maximum Gasteiger partial charge on any atom is 0.289 e. The van der Waals surface area contributed by atoms with E-state index in [1.165, 1.54) is 0 Å². The standard InChI is InChI=1S/C12H16N4O3/c1-4-8-14-7(3)11(19-8)12(17)13-6-10-16-15-9(5-2)18-10/h4-6H2,1-3H3,(H,13,17).